The Morgan fingerprint density at radius 2 is 1.96 bits per heavy atom. The van der Waals surface area contributed by atoms with E-state index in [9.17, 15) is 13.2 Å². The van der Waals surface area contributed by atoms with E-state index in [1.165, 1.54) is 10.4 Å². The van der Waals surface area contributed by atoms with Crippen LogP contribution in [0.5, 0.6) is 5.75 Å². The molecule has 0 bridgehead atoms. The van der Waals surface area contributed by atoms with Crippen molar-refractivity contribution in [1.29, 1.82) is 0 Å². The number of hydrogen-bond acceptors (Lipinski definition) is 4. The number of nitrogens with two attached hydrogens (primary N) is 1. The van der Waals surface area contributed by atoms with Crippen molar-refractivity contribution in [3.05, 3.63) is 35.4 Å². The van der Waals surface area contributed by atoms with Gasteiger partial charge in [0.15, 0.2) is 0 Å². The predicted octanol–water partition coefficient (Wildman–Crippen LogP) is -0.0176. The summed E-state index contributed by atoms with van der Waals surface area (Å²) in [5, 5.41) is 5.08. The van der Waals surface area contributed by atoms with Crippen LogP contribution in [0.15, 0.2) is 24.3 Å². The molecule has 0 unspecified atom stereocenters. The van der Waals surface area contributed by atoms with Gasteiger partial charge in [0.1, 0.15) is 5.75 Å². The van der Waals surface area contributed by atoms with Crippen LogP contribution in [0.4, 0.5) is 0 Å². The summed E-state index contributed by atoms with van der Waals surface area (Å²) in [5.74, 6) is 0.781. The average molecular weight is 337 g/mol. The Balaban J connectivity index is 1.59. The monoisotopic (exact) mass is 337 g/mol. The molecule has 124 valence electrons. The molecule has 3 rings (SSSR count). The Kier molecular flexibility index (Phi) is 4.38. The molecule has 0 saturated carbocycles. The van der Waals surface area contributed by atoms with E-state index in [4.69, 9.17) is 9.88 Å². The highest BCUT2D eigenvalue weighted by Crippen LogP contribution is 2.26. The second-order valence-corrected chi connectivity index (χ2v) is 7.11. The molecule has 0 aromatic heterocycles. The lowest BCUT2D eigenvalue weighted by atomic mass is 10.1. The van der Waals surface area contributed by atoms with Gasteiger partial charge in [-0.15, -0.1) is 0 Å². The molecular weight excluding hydrogens is 318 g/mol. The van der Waals surface area contributed by atoms with Gasteiger partial charge in [0, 0.05) is 38.7 Å². The lowest BCUT2D eigenvalue weighted by Gasteiger charge is -2.32. The fourth-order valence-corrected chi connectivity index (χ4v) is 3.42. The molecular formula is C15H19N3O4S. The molecule has 23 heavy (non-hydrogen) atoms. The summed E-state index contributed by atoms with van der Waals surface area (Å²) >= 11 is 0. The largest absolute Gasteiger partial charge is 0.493 e. The van der Waals surface area contributed by atoms with Crippen molar-refractivity contribution < 1.29 is 17.9 Å². The fraction of sp³-hybridized carbons (Fsp3) is 0.400. The van der Waals surface area contributed by atoms with E-state index < -0.39 is 10.2 Å². The zero-order valence-corrected chi connectivity index (χ0v) is 13.5. The maximum atomic E-state index is 12.2. The third-order valence-electron chi connectivity index (χ3n) is 4.04. The maximum Gasteiger partial charge on any atom is 0.277 e. The molecule has 0 aliphatic carbocycles. The number of ether oxygens (including phenoxy) is 1. The van der Waals surface area contributed by atoms with Crippen LogP contribution < -0.4 is 9.88 Å². The number of hydrogen-bond donors (Lipinski definition) is 1. The van der Waals surface area contributed by atoms with Crippen LogP contribution in [0.1, 0.15) is 11.1 Å². The first-order valence-electron chi connectivity index (χ1n) is 7.44. The van der Waals surface area contributed by atoms with Crippen molar-refractivity contribution in [1.82, 2.24) is 9.21 Å². The van der Waals surface area contributed by atoms with Gasteiger partial charge in [0.25, 0.3) is 10.2 Å². The quantitative estimate of drug-likeness (QED) is 0.785. The SMILES string of the molecule is NS(=O)(=O)N1CCN(C(=O)/C=C\c2ccc3c(c2)CCO3)CC1. The predicted molar refractivity (Wildman–Crippen MR) is 85.9 cm³/mol. The summed E-state index contributed by atoms with van der Waals surface area (Å²) in [4.78, 5) is 13.8. The van der Waals surface area contributed by atoms with Gasteiger partial charge in [0.2, 0.25) is 5.91 Å². The second kappa shape index (κ2) is 6.31. The number of carbonyl (C=O) groups is 1. The zero-order chi connectivity index (χ0) is 16.4. The lowest BCUT2D eigenvalue weighted by Crippen LogP contribution is -2.51. The Morgan fingerprint density at radius 1 is 1.22 bits per heavy atom. The summed E-state index contributed by atoms with van der Waals surface area (Å²) in [5.41, 5.74) is 2.10. The molecule has 1 aromatic rings. The number of carbonyl (C=O) groups excluding carboxylic acids is 1. The molecule has 1 saturated heterocycles. The van der Waals surface area contributed by atoms with E-state index in [1.807, 2.05) is 18.2 Å². The van der Waals surface area contributed by atoms with Crippen LogP contribution in [0.25, 0.3) is 6.08 Å². The standard InChI is InChI=1S/C15H19N3O4S/c16-23(20,21)18-8-6-17(7-9-18)15(19)4-2-12-1-3-14-13(11-12)5-10-22-14/h1-4,11H,5-10H2,(H2,16,20,21)/b4-2-. The van der Waals surface area contributed by atoms with Crippen molar-refractivity contribution in [2.24, 2.45) is 5.14 Å². The molecule has 1 aromatic carbocycles. The van der Waals surface area contributed by atoms with Crippen molar-refractivity contribution >= 4 is 22.2 Å². The van der Waals surface area contributed by atoms with E-state index in [2.05, 4.69) is 0 Å². The third kappa shape index (κ3) is 3.72. The number of amides is 1. The number of rotatable bonds is 3. The second-order valence-electron chi connectivity index (χ2n) is 5.57. The lowest BCUT2D eigenvalue weighted by molar-refractivity contribution is -0.127. The van der Waals surface area contributed by atoms with Gasteiger partial charge in [-0.2, -0.15) is 12.7 Å². The van der Waals surface area contributed by atoms with Crippen LogP contribution in [0.2, 0.25) is 0 Å². The molecule has 2 N–H and O–H groups in total. The van der Waals surface area contributed by atoms with Crippen LogP contribution >= 0.6 is 0 Å². The first-order valence-corrected chi connectivity index (χ1v) is 8.94. The highest BCUT2D eigenvalue weighted by Gasteiger charge is 2.25. The first kappa shape index (κ1) is 16.0. The molecule has 1 amide bonds. The molecule has 1 fully saturated rings. The molecule has 0 spiro atoms. The molecule has 2 aliphatic heterocycles. The van der Waals surface area contributed by atoms with Crippen molar-refractivity contribution in [3.8, 4) is 5.75 Å². The summed E-state index contributed by atoms with van der Waals surface area (Å²) < 4.78 is 29.1. The van der Waals surface area contributed by atoms with E-state index in [0.29, 0.717) is 19.7 Å². The van der Waals surface area contributed by atoms with Gasteiger partial charge < -0.3 is 9.64 Å². The maximum absolute atomic E-state index is 12.2. The van der Waals surface area contributed by atoms with E-state index in [-0.39, 0.29) is 19.0 Å². The molecule has 0 atom stereocenters. The summed E-state index contributed by atoms with van der Waals surface area (Å²) in [6, 6.07) is 5.84. The van der Waals surface area contributed by atoms with Crippen molar-refractivity contribution in [2.45, 2.75) is 6.42 Å². The summed E-state index contributed by atoms with van der Waals surface area (Å²) in [6.45, 7) is 1.86. The van der Waals surface area contributed by atoms with E-state index in [1.54, 1.807) is 11.0 Å². The van der Waals surface area contributed by atoms with Crippen LogP contribution in [0.3, 0.4) is 0 Å². The minimum absolute atomic E-state index is 0.129. The van der Waals surface area contributed by atoms with Gasteiger partial charge in [-0.1, -0.05) is 6.07 Å². The van der Waals surface area contributed by atoms with Crippen LogP contribution in [-0.2, 0) is 21.4 Å². The molecule has 7 nitrogen and oxygen atoms in total. The highest BCUT2D eigenvalue weighted by atomic mass is 32.2. The zero-order valence-electron chi connectivity index (χ0n) is 12.6. The Morgan fingerprint density at radius 3 is 2.65 bits per heavy atom. The minimum Gasteiger partial charge on any atom is -0.493 e. The van der Waals surface area contributed by atoms with Gasteiger partial charge in [-0.05, 0) is 29.3 Å². The van der Waals surface area contributed by atoms with Crippen molar-refractivity contribution in [3.63, 3.8) is 0 Å². The topological polar surface area (TPSA) is 92.9 Å². The number of nitrogens with zero attached hydrogens (tertiary/aromatic N) is 2. The summed E-state index contributed by atoms with van der Waals surface area (Å²) in [6.07, 6.45) is 4.18. The number of fused-ring (bicyclic) bond motifs is 1. The highest BCUT2D eigenvalue weighted by molar-refractivity contribution is 7.86. The normalized spacial score (nSPS) is 18.9. The third-order valence-corrected chi connectivity index (χ3v) is 5.13. The Labute approximate surface area is 135 Å². The smallest absolute Gasteiger partial charge is 0.277 e. The number of piperazine rings is 1. The van der Waals surface area contributed by atoms with E-state index >= 15 is 0 Å². The van der Waals surface area contributed by atoms with Gasteiger partial charge in [-0.3, -0.25) is 4.79 Å². The van der Waals surface area contributed by atoms with Gasteiger partial charge >= 0.3 is 0 Å². The Hall–Kier alpha value is -1.90. The molecule has 8 heteroatoms. The average Bonchev–Trinajstić information content (AvgIpc) is 2.99. The Bertz CT molecular complexity index is 737. The van der Waals surface area contributed by atoms with Crippen LogP contribution in [0, 0.1) is 0 Å². The van der Waals surface area contributed by atoms with E-state index in [0.717, 1.165) is 23.3 Å². The fourth-order valence-electron chi connectivity index (χ4n) is 2.75. The molecule has 0 radical (unpaired) electrons. The van der Waals surface area contributed by atoms with Gasteiger partial charge in [-0.25, -0.2) is 5.14 Å². The molecule has 2 aliphatic rings. The van der Waals surface area contributed by atoms with Crippen molar-refractivity contribution in [2.75, 3.05) is 32.8 Å². The number of benzene rings is 1. The molecule has 2 heterocycles. The van der Waals surface area contributed by atoms with Gasteiger partial charge in [0.05, 0.1) is 6.61 Å². The summed E-state index contributed by atoms with van der Waals surface area (Å²) in [7, 11) is -3.67. The minimum atomic E-state index is -3.67. The van der Waals surface area contributed by atoms with Crippen LogP contribution in [-0.4, -0.2) is 56.3 Å². The first-order chi connectivity index (χ1) is 10.9.